The Morgan fingerprint density at radius 1 is 1.10 bits per heavy atom. The Hall–Kier alpha value is -2.71. The van der Waals surface area contributed by atoms with Crippen molar-refractivity contribution < 1.29 is 34.8 Å². The molecule has 8 nitrogen and oxygen atoms in total. The Labute approximate surface area is 159 Å². The number of hydrogen-bond donors (Lipinski definition) is 0. The zero-order chi connectivity index (χ0) is 21.8. The van der Waals surface area contributed by atoms with Crippen LogP contribution in [0, 0.1) is 0 Å². The van der Waals surface area contributed by atoms with Gasteiger partial charge in [0.1, 0.15) is 11.9 Å². The number of pyridine rings is 1. The monoisotopic (exact) mass is 442 g/mol. The fourth-order valence-electron chi connectivity index (χ4n) is 2.46. The van der Waals surface area contributed by atoms with Gasteiger partial charge in [-0.2, -0.15) is 31.0 Å². The van der Waals surface area contributed by atoms with E-state index in [-0.39, 0.29) is 17.1 Å². The highest BCUT2D eigenvalue weighted by Gasteiger charge is 2.34. The fraction of sp³-hybridized carbons (Fsp3) is 0.429. The predicted molar refractivity (Wildman–Crippen MR) is 85.9 cm³/mol. The molecule has 0 amide bonds. The van der Waals surface area contributed by atoms with Crippen molar-refractivity contribution in [2.75, 3.05) is 5.75 Å². The van der Waals surface area contributed by atoms with E-state index in [1.54, 1.807) is 0 Å². The second-order valence-electron chi connectivity index (χ2n) is 5.95. The summed E-state index contributed by atoms with van der Waals surface area (Å²) in [6.45, 7) is 1.25. The summed E-state index contributed by atoms with van der Waals surface area (Å²) in [5.41, 5.74) is -1.39. The van der Waals surface area contributed by atoms with E-state index in [2.05, 4.69) is 20.1 Å². The number of hydrogen-bond acceptors (Lipinski definition) is 6. The number of aryl methyl sites for hydroxylation is 1. The molecule has 0 aliphatic rings. The van der Waals surface area contributed by atoms with E-state index in [4.69, 9.17) is 0 Å². The molecule has 3 heterocycles. The molecule has 0 fully saturated rings. The van der Waals surface area contributed by atoms with Crippen LogP contribution in [0.4, 0.5) is 26.3 Å². The minimum absolute atomic E-state index is 0.0549. The molecule has 3 aromatic heterocycles. The minimum Gasteiger partial charge on any atom is -0.296 e. The van der Waals surface area contributed by atoms with Gasteiger partial charge in [0.2, 0.25) is 15.8 Å². The van der Waals surface area contributed by atoms with Gasteiger partial charge in [-0.25, -0.2) is 23.4 Å². The molecule has 0 aliphatic carbocycles. The quantitative estimate of drug-likeness (QED) is 0.576. The summed E-state index contributed by atoms with van der Waals surface area (Å²) in [6.07, 6.45) is -10.4. The molecule has 0 saturated heterocycles. The molecule has 0 saturated carbocycles. The van der Waals surface area contributed by atoms with Crippen LogP contribution in [0.15, 0.2) is 17.4 Å². The first kappa shape index (κ1) is 21.0. The Morgan fingerprint density at radius 3 is 2.31 bits per heavy atom. The molecule has 0 radical (unpaired) electrons. The van der Waals surface area contributed by atoms with Crippen molar-refractivity contribution in [1.82, 2.24) is 29.3 Å². The molecule has 0 unspecified atom stereocenters. The molecule has 0 N–H and O–H groups in total. The highest BCUT2D eigenvalue weighted by atomic mass is 32.2. The molecule has 29 heavy (non-hydrogen) atoms. The third kappa shape index (κ3) is 4.04. The van der Waals surface area contributed by atoms with E-state index in [9.17, 15) is 34.8 Å². The molecule has 0 spiro atoms. The average molecular weight is 442 g/mol. The van der Waals surface area contributed by atoms with Crippen LogP contribution < -0.4 is 0 Å². The van der Waals surface area contributed by atoms with Crippen LogP contribution in [0.3, 0.4) is 0 Å². The number of rotatable bonds is 4. The standard InChI is InChI=1S/C14H12F6N6O2S/c1-3-29(27,28)12-23-9(5-13(15,16)17)24-26(12)11-22-8-4-7(14(18,19)20)6-21-10(8)25(11)2/h4,6H,3,5H2,1-2H3. The van der Waals surface area contributed by atoms with Gasteiger partial charge in [0.05, 0.1) is 11.3 Å². The smallest absolute Gasteiger partial charge is 0.296 e. The van der Waals surface area contributed by atoms with Crippen molar-refractivity contribution in [3.63, 3.8) is 0 Å². The minimum atomic E-state index is -4.70. The summed E-state index contributed by atoms with van der Waals surface area (Å²) in [4.78, 5) is 11.0. The molecule has 0 aliphatic heterocycles. The van der Waals surface area contributed by atoms with E-state index >= 15 is 0 Å². The SMILES string of the molecule is CCS(=O)(=O)c1nc(CC(F)(F)F)nn1-c1nc2cc(C(F)(F)F)cnc2n1C. The van der Waals surface area contributed by atoms with Crippen LogP contribution in [0.5, 0.6) is 0 Å². The molecule has 15 heteroatoms. The largest absolute Gasteiger partial charge is 0.417 e. The van der Waals surface area contributed by atoms with Gasteiger partial charge in [0.25, 0.3) is 5.16 Å². The first-order valence-electron chi connectivity index (χ1n) is 7.88. The van der Waals surface area contributed by atoms with E-state index in [1.165, 1.54) is 14.0 Å². The maximum absolute atomic E-state index is 12.9. The Morgan fingerprint density at radius 2 is 1.76 bits per heavy atom. The predicted octanol–water partition coefficient (Wildman–Crippen LogP) is 2.47. The van der Waals surface area contributed by atoms with E-state index in [0.717, 1.165) is 4.57 Å². The number of alkyl halides is 6. The molecular formula is C14H12F6N6O2S. The number of nitrogens with zero attached hydrogens (tertiary/aromatic N) is 6. The highest BCUT2D eigenvalue weighted by Crippen LogP contribution is 2.31. The summed E-state index contributed by atoms with van der Waals surface area (Å²) in [5.74, 6) is -1.65. The van der Waals surface area contributed by atoms with Crippen molar-refractivity contribution >= 4 is 21.0 Å². The highest BCUT2D eigenvalue weighted by molar-refractivity contribution is 7.91. The summed E-state index contributed by atoms with van der Waals surface area (Å²) in [5, 5.41) is 2.78. The van der Waals surface area contributed by atoms with Crippen molar-refractivity contribution in [2.45, 2.75) is 30.9 Å². The van der Waals surface area contributed by atoms with Gasteiger partial charge in [-0.3, -0.25) is 4.57 Å². The number of fused-ring (bicyclic) bond motifs is 1. The molecule has 158 valence electrons. The number of halogens is 6. The van der Waals surface area contributed by atoms with Gasteiger partial charge >= 0.3 is 12.4 Å². The Bertz CT molecular complexity index is 1180. The third-order valence-corrected chi connectivity index (χ3v) is 5.42. The van der Waals surface area contributed by atoms with Crippen molar-refractivity contribution in [3.05, 3.63) is 23.7 Å². The molecule has 3 aromatic rings. The lowest BCUT2D eigenvalue weighted by Gasteiger charge is -2.05. The van der Waals surface area contributed by atoms with Gasteiger partial charge in [0, 0.05) is 13.2 Å². The lowest BCUT2D eigenvalue weighted by atomic mass is 10.2. The van der Waals surface area contributed by atoms with Crippen LogP contribution in [0.1, 0.15) is 18.3 Å². The van der Waals surface area contributed by atoms with Gasteiger partial charge in [-0.15, -0.1) is 5.10 Å². The molecular weight excluding hydrogens is 430 g/mol. The summed E-state index contributed by atoms with van der Waals surface area (Å²) < 4.78 is 103. The molecule has 0 aromatic carbocycles. The van der Waals surface area contributed by atoms with E-state index in [1.807, 2.05) is 0 Å². The van der Waals surface area contributed by atoms with Crippen molar-refractivity contribution in [1.29, 1.82) is 0 Å². The lowest BCUT2D eigenvalue weighted by Crippen LogP contribution is -2.15. The van der Waals surface area contributed by atoms with Crippen LogP contribution in [-0.2, 0) is 29.5 Å². The van der Waals surface area contributed by atoms with Gasteiger partial charge in [0.15, 0.2) is 11.5 Å². The fourth-order valence-corrected chi connectivity index (χ4v) is 3.35. The number of sulfone groups is 1. The topological polar surface area (TPSA) is 95.6 Å². The van der Waals surface area contributed by atoms with Crippen LogP contribution in [0.2, 0.25) is 0 Å². The van der Waals surface area contributed by atoms with Crippen molar-refractivity contribution in [3.8, 4) is 5.95 Å². The van der Waals surface area contributed by atoms with Crippen molar-refractivity contribution in [2.24, 2.45) is 7.05 Å². The maximum Gasteiger partial charge on any atom is 0.417 e. The summed E-state index contributed by atoms with van der Waals surface area (Å²) in [7, 11) is -2.83. The first-order chi connectivity index (χ1) is 13.2. The summed E-state index contributed by atoms with van der Waals surface area (Å²) >= 11 is 0. The zero-order valence-corrected chi connectivity index (χ0v) is 15.6. The van der Waals surface area contributed by atoms with Crippen LogP contribution in [-0.4, -0.2) is 49.6 Å². The van der Waals surface area contributed by atoms with E-state index < -0.39 is 50.9 Å². The molecule has 3 rings (SSSR count). The second-order valence-corrected chi connectivity index (χ2v) is 8.13. The number of aromatic nitrogens is 6. The van der Waals surface area contributed by atoms with Gasteiger partial charge in [-0.05, 0) is 6.07 Å². The van der Waals surface area contributed by atoms with Gasteiger partial charge in [-0.1, -0.05) is 6.92 Å². The third-order valence-electron chi connectivity index (χ3n) is 3.84. The number of imidazole rings is 1. The summed E-state index contributed by atoms with van der Waals surface area (Å²) in [6, 6.07) is 0.688. The normalized spacial score (nSPS) is 13.4. The Balaban J connectivity index is 2.24. The molecule has 0 atom stereocenters. The van der Waals surface area contributed by atoms with E-state index in [0.29, 0.717) is 16.9 Å². The first-order valence-corrected chi connectivity index (χ1v) is 9.53. The lowest BCUT2D eigenvalue weighted by molar-refractivity contribution is -0.137. The molecule has 0 bridgehead atoms. The van der Waals surface area contributed by atoms with Crippen LogP contribution in [0.25, 0.3) is 17.1 Å². The Kier molecular flexibility index (Phi) is 4.83. The maximum atomic E-state index is 12.9. The average Bonchev–Trinajstić information content (AvgIpc) is 3.14. The van der Waals surface area contributed by atoms with Crippen LogP contribution >= 0.6 is 0 Å². The second kappa shape index (κ2) is 6.67. The van der Waals surface area contributed by atoms with Gasteiger partial charge < -0.3 is 0 Å². The zero-order valence-electron chi connectivity index (χ0n) is 14.7.